The van der Waals surface area contributed by atoms with Crippen molar-refractivity contribution in [2.24, 2.45) is 0 Å². The summed E-state index contributed by atoms with van der Waals surface area (Å²) in [7, 11) is 1.70. The number of aromatic nitrogens is 4. The minimum atomic E-state index is -1.21. The van der Waals surface area contributed by atoms with Crippen molar-refractivity contribution in [3.63, 3.8) is 0 Å². The van der Waals surface area contributed by atoms with Gasteiger partial charge < -0.3 is 25.4 Å². The molecule has 0 bridgehead atoms. The normalized spacial score (nSPS) is 27.0. The number of hydrogen-bond donors (Lipinski definition) is 4. The molecule has 0 saturated carbocycles. The summed E-state index contributed by atoms with van der Waals surface area (Å²) in [6.07, 6.45) is -2.73. The van der Waals surface area contributed by atoms with Gasteiger partial charge in [-0.15, -0.1) is 0 Å². The van der Waals surface area contributed by atoms with Crippen molar-refractivity contribution in [3.8, 4) is 11.8 Å². The van der Waals surface area contributed by atoms with Crippen molar-refractivity contribution >= 4 is 17.0 Å². The lowest BCUT2D eigenvalue weighted by atomic mass is 10.1. The molecule has 23 heavy (non-hydrogen) atoms. The fourth-order valence-electron chi connectivity index (χ4n) is 2.55. The first-order valence-electron chi connectivity index (χ1n) is 7.08. The van der Waals surface area contributed by atoms with E-state index in [0.29, 0.717) is 22.8 Å². The van der Waals surface area contributed by atoms with Crippen LogP contribution in [-0.2, 0) is 4.74 Å². The van der Waals surface area contributed by atoms with Gasteiger partial charge in [-0.2, -0.15) is 0 Å². The molecule has 9 heteroatoms. The highest BCUT2D eigenvalue weighted by Gasteiger charge is 2.44. The van der Waals surface area contributed by atoms with Gasteiger partial charge in [0.2, 0.25) is 5.82 Å². The Morgan fingerprint density at radius 3 is 2.74 bits per heavy atom. The molecule has 0 aromatic carbocycles. The number of imidazole rings is 1. The maximum atomic E-state index is 10.2. The second-order valence-electron chi connectivity index (χ2n) is 5.07. The summed E-state index contributed by atoms with van der Waals surface area (Å²) in [5, 5.41) is 32.2. The van der Waals surface area contributed by atoms with E-state index in [1.54, 1.807) is 14.0 Å². The summed E-state index contributed by atoms with van der Waals surface area (Å²) in [6, 6.07) is 0. The largest absolute Gasteiger partial charge is 0.394 e. The van der Waals surface area contributed by atoms with Crippen LogP contribution in [-0.4, -0.2) is 66.8 Å². The lowest BCUT2D eigenvalue weighted by Crippen LogP contribution is -2.33. The molecule has 1 aliphatic rings. The fourth-order valence-corrected chi connectivity index (χ4v) is 2.55. The molecular formula is C14H17N5O4. The number of ether oxygens (including phenoxy) is 1. The highest BCUT2D eigenvalue weighted by atomic mass is 16.6. The molecule has 122 valence electrons. The van der Waals surface area contributed by atoms with Gasteiger partial charge >= 0.3 is 0 Å². The Hall–Kier alpha value is -2.25. The molecule has 0 unspecified atom stereocenters. The first-order chi connectivity index (χ1) is 11.1. The number of hydrogen-bond acceptors (Lipinski definition) is 8. The summed E-state index contributed by atoms with van der Waals surface area (Å²) in [5.74, 6) is 6.30. The van der Waals surface area contributed by atoms with Gasteiger partial charge in [-0.05, 0) is 12.8 Å². The van der Waals surface area contributed by atoms with Gasteiger partial charge in [-0.25, -0.2) is 15.0 Å². The highest BCUT2D eigenvalue weighted by Crippen LogP contribution is 2.32. The predicted molar refractivity (Wildman–Crippen MR) is 80.4 cm³/mol. The Balaban J connectivity index is 2.11. The molecule has 3 rings (SSSR count). The summed E-state index contributed by atoms with van der Waals surface area (Å²) >= 11 is 0. The zero-order valence-electron chi connectivity index (χ0n) is 12.6. The molecule has 4 N–H and O–H groups in total. The van der Waals surface area contributed by atoms with E-state index in [1.165, 1.54) is 10.9 Å². The molecule has 4 atom stereocenters. The van der Waals surface area contributed by atoms with E-state index >= 15 is 0 Å². The van der Waals surface area contributed by atoms with Crippen LogP contribution in [0, 0.1) is 11.8 Å². The van der Waals surface area contributed by atoms with E-state index in [1.807, 2.05) is 0 Å². The second-order valence-corrected chi connectivity index (χ2v) is 5.07. The Morgan fingerprint density at radius 1 is 1.35 bits per heavy atom. The molecule has 3 heterocycles. The van der Waals surface area contributed by atoms with Crippen LogP contribution in [0.2, 0.25) is 0 Å². The maximum Gasteiger partial charge on any atom is 0.208 e. The number of aliphatic hydroxyl groups excluding tert-OH is 3. The Bertz CT molecular complexity index is 781. The SMILES string of the molecule is CC#Cc1nc(NC)c2ncn([C@@H]3O[C@H](CO)[C@@H](O)[C@H]3O)c2n1. The van der Waals surface area contributed by atoms with Gasteiger partial charge in [0.15, 0.2) is 23.2 Å². The van der Waals surface area contributed by atoms with Gasteiger partial charge in [0.25, 0.3) is 0 Å². The molecular weight excluding hydrogens is 302 g/mol. The zero-order chi connectivity index (χ0) is 16.6. The molecule has 2 aromatic heterocycles. The minimum Gasteiger partial charge on any atom is -0.394 e. The minimum absolute atomic E-state index is 0.304. The molecule has 1 fully saturated rings. The average Bonchev–Trinajstić information content (AvgIpc) is 3.09. The van der Waals surface area contributed by atoms with Crippen LogP contribution >= 0.6 is 0 Å². The van der Waals surface area contributed by atoms with E-state index < -0.39 is 31.1 Å². The van der Waals surface area contributed by atoms with Crippen LogP contribution in [0.1, 0.15) is 19.0 Å². The smallest absolute Gasteiger partial charge is 0.208 e. The van der Waals surface area contributed by atoms with Gasteiger partial charge in [-0.3, -0.25) is 4.57 Å². The number of fused-ring (bicyclic) bond motifs is 1. The van der Waals surface area contributed by atoms with Crippen LogP contribution in [0.25, 0.3) is 11.2 Å². The predicted octanol–water partition coefficient (Wildman–Crippen LogP) is -1.15. The van der Waals surface area contributed by atoms with E-state index in [4.69, 9.17) is 4.74 Å². The van der Waals surface area contributed by atoms with Crippen molar-refractivity contribution in [3.05, 3.63) is 12.2 Å². The van der Waals surface area contributed by atoms with E-state index in [-0.39, 0.29) is 0 Å². The molecule has 2 aromatic rings. The molecule has 0 aliphatic carbocycles. The Morgan fingerprint density at radius 2 is 2.13 bits per heavy atom. The molecule has 1 saturated heterocycles. The Kier molecular flexibility index (Phi) is 4.14. The van der Waals surface area contributed by atoms with Crippen molar-refractivity contribution in [2.75, 3.05) is 19.0 Å². The van der Waals surface area contributed by atoms with Crippen molar-refractivity contribution < 1.29 is 20.1 Å². The van der Waals surface area contributed by atoms with Crippen LogP contribution in [0.4, 0.5) is 5.82 Å². The van der Waals surface area contributed by atoms with Crippen molar-refractivity contribution in [2.45, 2.75) is 31.5 Å². The number of rotatable bonds is 3. The Labute approximate surface area is 132 Å². The standard InChI is InChI=1S/C14H17N5O4/c1-3-4-8-17-12(15-2)9-13(18-8)19(6-16-9)14-11(22)10(21)7(5-20)23-14/h6-7,10-11,14,20-22H,5H2,1-2H3,(H,15,17,18)/t7-,10-,11-,14-/m1/s1. The first-order valence-corrected chi connectivity index (χ1v) is 7.08. The molecule has 1 aliphatic heterocycles. The second kappa shape index (κ2) is 6.10. The van der Waals surface area contributed by atoms with Crippen LogP contribution in [0.3, 0.4) is 0 Å². The third-order valence-corrected chi connectivity index (χ3v) is 3.69. The third-order valence-electron chi connectivity index (χ3n) is 3.69. The summed E-state index contributed by atoms with van der Waals surface area (Å²) in [6.45, 7) is 1.28. The van der Waals surface area contributed by atoms with Crippen LogP contribution in [0.15, 0.2) is 6.33 Å². The topological polar surface area (TPSA) is 126 Å². The molecule has 0 spiro atoms. The van der Waals surface area contributed by atoms with Gasteiger partial charge in [0.1, 0.15) is 18.3 Å². The van der Waals surface area contributed by atoms with Gasteiger partial charge in [0, 0.05) is 7.05 Å². The number of anilines is 1. The lowest BCUT2D eigenvalue weighted by molar-refractivity contribution is -0.0511. The van der Waals surface area contributed by atoms with Gasteiger partial charge in [-0.1, -0.05) is 5.92 Å². The van der Waals surface area contributed by atoms with Crippen LogP contribution in [0.5, 0.6) is 0 Å². The van der Waals surface area contributed by atoms with Crippen molar-refractivity contribution in [1.82, 2.24) is 19.5 Å². The van der Waals surface area contributed by atoms with E-state index in [9.17, 15) is 15.3 Å². The summed E-state index contributed by atoms with van der Waals surface area (Å²) in [4.78, 5) is 12.8. The third kappa shape index (κ3) is 2.51. The van der Waals surface area contributed by atoms with E-state index in [0.717, 1.165) is 0 Å². The number of aliphatic hydroxyl groups is 3. The van der Waals surface area contributed by atoms with Gasteiger partial charge in [0.05, 0.1) is 12.9 Å². The quantitative estimate of drug-likeness (QED) is 0.523. The van der Waals surface area contributed by atoms with Crippen molar-refractivity contribution in [1.29, 1.82) is 0 Å². The molecule has 0 radical (unpaired) electrons. The molecule has 9 nitrogen and oxygen atoms in total. The lowest BCUT2D eigenvalue weighted by Gasteiger charge is -2.16. The van der Waals surface area contributed by atoms with Crippen LogP contribution < -0.4 is 5.32 Å². The number of nitrogens with one attached hydrogen (secondary N) is 1. The van der Waals surface area contributed by atoms with E-state index in [2.05, 4.69) is 32.1 Å². The fraction of sp³-hybridized carbons (Fsp3) is 0.500. The maximum absolute atomic E-state index is 10.2. The summed E-state index contributed by atoms with van der Waals surface area (Å²) in [5.41, 5.74) is 0.906. The first kappa shape index (κ1) is 15.6. The molecule has 0 amide bonds. The highest BCUT2D eigenvalue weighted by molar-refractivity contribution is 5.83. The monoisotopic (exact) mass is 319 g/mol. The summed E-state index contributed by atoms with van der Waals surface area (Å²) < 4.78 is 7.02. The average molecular weight is 319 g/mol. The number of nitrogens with zero attached hydrogens (tertiary/aromatic N) is 4. The zero-order valence-corrected chi connectivity index (χ0v) is 12.6.